The van der Waals surface area contributed by atoms with Crippen LogP contribution in [-0.4, -0.2) is 26.3 Å². The van der Waals surface area contributed by atoms with E-state index >= 15 is 0 Å². The highest BCUT2D eigenvalue weighted by Gasteiger charge is 2.29. The molecule has 1 aliphatic heterocycles. The van der Waals surface area contributed by atoms with Crippen molar-refractivity contribution in [1.29, 1.82) is 0 Å². The largest absolute Gasteiger partial charge is 0.361 e. The number of nitrogens with zero attached hydrogens (tertiary/aromatic N) is 2. The quantitative estimate of drug-likeness (QED) is 0.730. The smallest absolute Gasteiger partial charge is 0.282 e. The van der Waals surface area contributed by atoms with Gasteiger partial charge >= 0.3 is 0 Å². The predicted octanol–water partition coefficient (Wildman–Crippen LogP) is 3.34. The molecule has 1 amide bonds. The van der Waals surface area contributed by atoms with Gasteiger partial charge in [-0.25, -0.2) is 8.42 Å². The third kappa shape index (κ3) is 4.40. The molecule has 1 heterocycles. The summed E-state index contributed by atoms with van der Waals surface area (Å²) in [5, 5.41) is 8.79. The molecule has 2 N–H and O–H groups in total. The first kappa shape index (κ1) is 19.6. The highest BCUT2D eigenvalue weighted by Crippen LogP contribution is 2.26. The van der Waals surface area contributed by atoms with Gasteiger partial charge in [-0.1, -0.05) is 31.2 Å². The maximum Gasteiger partial charge on any atom is 0.282 e. The molecule has 7 nitrogen and oxygen atoms in total. The van der Waals surface area contributed by atoms with E-state index in [0.717, 1.165) is 23.9 Å². The van der Waals surface area contributed by atoms with Gasteiger partial charge in [0.2, 0.25) is 10.0 Å². The Hall–Kier alpha value is -3.13. The summed E-state index contributed by atoms with van der Waals surface area (Å²) in [5.74, 6) is -0.282. The Morgan fingerprint density at radius 3 is 2.61 bits per heavy atom. The number of sulfonamides is 1. The van der Waals surface area contributed by atoms with Crippen molar-refractivity contribution < 1.29 is 13.2 Å². The van der Waals surface area contributed by atoms with Gasteiger partial charge in [-0.2, -0.15) is 10.1 Å². The van der Waals surface area contributed by atoms with Gasteiger partial charge in [-0.15, -0.1) is 0 Å². The van der Waals surface area contributed by atoms with Crippen LogP contribution in [0.3, 0.4) is 0 Å². The topological polar surface area (TPSA) is 90.9 Å². The lowest BCUT2D eigenvalue weighted by molar-refractivity contribution is -0.114. The second-order valence-electron chi connectivity index (χ2n) is 6.44. The molecule has 0 fully saturated rings. The molecule has 28 heavy (non-hydrogen) atoms. The van der Waals surface area contributed by atoms with Crippen molar-refractivity contribution in [3.8, 4) is 0 Å². The first-order valence-corrected chi connectivity index (χ1v) is 10.7. The van der Waals surface area contributed by atoms with E-state index < -0.39 is 10.0 Å². The van der Waals surface area contributed by atoms with Crippen LogP contribution in [0.1, 0.15) is 19.4 Å². The summed E-state index contributed by atoms with van der Waals surface area (Å²) in [5.41, 5.74) is 3.97. The number of hydrogen-bond donors (Lipinski definition) is 2. The lowest BCUT2D eigenvalue weighted by Gasteiger charge is -2.13. The van der Waals surface area contributed by atoms with Crippen LogP contribution in [0.4, 0.5) is 17.1 Å². The van der Waals surface area contributed by atoms with Crippen molar-refractivity contribution in [1.82, 2.24) is 0 Å². The first-order chi connectivity index (χ1) is 13.3. The Morgan fingerprint density at radius 2 is 1.89 bits per heavy atom. The molecule has 2 aromatic rings. The van der Waals surface area contributed by atoms with E-state index in [1.807, 2.05) is 24.3 Å². The van der Waals surface area contributed by atoms with Gasteiger partial charge in [-0.05, 0) is 43.2 Å². The zero-order valence-electron chi connectivity index (χ0n) is 15.9. The SMILES string of the molecule is CCc1ccccc1NC=C1C(=O)N(c2cccc(NS(C)(=O)=O)c2)N=C1C. The second-order valence-corrected chi connectivity index (χ2v) is 8.19. The molecular weight excluding hydrogens is 376 g/mol. The Balaban J connectivity index is 1.84. The van der Waals surface area contributed by atoms with Gasteiger partial charge in [0.05, 0.1) is 28.9 Å². The summed E-state index contributed by atoms with van der Waals surface area (Å²) in [6, 6.07) is 14.4. The number of amides is 1. The normalized spacial score (nSPS) is 15.7. The van der Waals surface area contributed by atoms with Crippen LogP contribution in [0.15, 0.2) is 65.4 Å². The lowest BCUT2D eigenvalue weighted by atomic mass is 10.1. The fourth-order valence-corrected chi connectivity index (χ4v) is 3.45. The molecule has 0 saturated heterocycles. The average Bonchev–Trinajstić information content (AvgIpc) is 2.93. The summed E-state index contributed by atoms with van der Waals surface area (Å²) >= 11 is 0. The van der Waals surface area contributed by atoms with E-state index in [-0.39, 0.29) is 5.91 Å². The Labute approximate surface area is 164 Å². The molecule has 0 atom stereocenters. The number of benzene rings is 2. The molecule has 0 bridgehead atoms. The number of hydrogen-bond acceptors (Lipinski definition) is 5. The molecule has 8 heteroatoms. The van der Waals surface area contributed by atoms with Crippen LogP contribution in [-0.2, 0) is 21.2 Å². The standard InChI is InChI=1S/C20H22N4O3S/c1-4-15-8-5-6-11-19(15)21-13-18-14(2)22-24(20(18)25)17-10-7-9-16(12-17)23-28(3,26)27/h5-13,21,23H,4H2,1-3H3. The highest BCUT2D eigenvalue weighted by atomic mass is 32.2. The number of para-hydroxylation sites is 1. The van der Waals surface area contributed by atoms with Crippen LogP contribution >= 0.6 is 0 Å². The van der Waals surface area contributed by atoms with Gasteiger partial charge in [0, 0.05) is 11.9 Å². The molecular formula is C20H22N4O3S. The van der Waals surface area contributed by atoms with E-state index in [1.54, 1.807) is 37.4 Å². The minimum absolute atomic E-state index is 0.282. The van der Waals surface area contributed by atoms with Crippen LogP contribution in [0.5, 0.6) is 0 Å². The molecule has 3 rings (SSSR count). The number of carbonyl (C=O) groups excluding carboxylic acids is 1. The van der Waals surface area contributed by atoms with Crippen molar-refractivity contribution in [2.24, 2.45) is 5.10 Å². The van der Waals surface area contributed by atoms with E-state index in [0.29, 0.717) is 22.7 Å². The maximum absolute atomic E-state index is 12.9. The third-order valence-corrected chi connectivity index (χ3v) is 4.83. The molecule has 0 aliphatic carbocycles. The fraction of sp³-hybridized carbons (Fsp3) is 0.200. The Kier molecular flexibility index (Phi) is 5.51. The van der Waals surface area contributed by atoms with Crippen molar-refractivity contribution in [3.05, 3.63) is 65.9 Å². The monoisotopic (exact) mass is 398 g/mol. The Morgan fingerprint density at radius 1 is 1.14 bits per heavy atom. The molecule has 0 saturated carbocycles. The van der Waals surface area contributed by atoms with Gasteiger partial charge < -0.3 is 5.32 Å². The molecule has 0 spiro atoms. The van der Waals surface area contributed by atoms with E-state index in [1.165, 1.54) is 5.01 Å². The Bertz CT molecular complexity index is 1070. The number of anilines is 3. The van der Waals surface area contributed by atoms with Crippen molar-refractivity contribution in [2.75, 3.05) is 21.3 Å². The predicted molar refractivity (Wildman–Crippen MR) is 113 cm³/mol. The van der Waals surface area contributed by atoms with Crippen LogP contribution in [0.2, 0.25) is 0 Å². The maximum atomic E-state index is 12.9. The van der Waals surface area contributed by atoms with Crippen molar-refractivity contribution >= 4 is 38.7 Å². The molecule has 0 radical (unpaired) electrons. The van der Waals surface area contributed by atoms with Crippen LogP contribution < -0.4 is 15.0 Å². The molecule has 0 unspecified atom stereocenters. The highest BCUT2D eigenvalue weighted by molar-refractivity contribution is 7.92. The second kappa shape index (κ2) is 7.85. The van der Waals surface area contributed by atoms with E-state index in [2.05, 4.69) is 22.1 Å². The summed E-state index contributed by atoms with van der Waals surface area (Å²) < 4.78 is 25.3. The first-order valence-electron chi connectivity index (χ1n) is 8.81. The number of hydrazone groups is 1. The van der Waals surface area contributed by atoms with E-state index in [4.69, 9.17) is 0 Å². The molecule has 146 valence electrons. The third-order valence-electron chi connectivity index (χ3n) is 4.23. The summed E-state index contributed by atoms with van der Waals surface area (Å²) in [7, 11) is -3.41. The van der Waals surface area contributed by atoms with E-state index in [9.17, 15) is 13.2 Å². The molecule has 0 aromatic heterocycles. The van der Waals surface area contributed by atoms with Gasteiger partial charge in [0.15, 0.2) is 0 Å². The number of aryl methyl sites for hydroxylation is 1. The number of nitrogens with one attached hydrogen (secondary N) is 2. The fourth-order valence-electron chi connectivity index (χ4n) is 2.89. The zero-order chi connectivity index (χ0) is 20.3. The van der Waals surface area contributed by atoms with Gasteiger partial charge in [0.25, 0.3) is 5.91 Å². The molecule has 1 aliphatic rings. The van der Waals surface area contributed by atoms with Crippen LogP contribution in [0.25, 0.3) is 0 Å². The minimum atomic E-state index is -3.41. The average molecular weight is 398 g/mol. The minimum Gasteiger partial charge on any atom is -0.361 e. The van der Waals surface area contributed by atoms with Gasteiger partial charge in [-0.3, -0.25) is 9.52 Å². The molecule has 2 aromatic carbocycles. The number of rotatable bonds is 6. The van der Waals surface area contributed by atoms with Crippen molar-refractivity contribution in [2.45, 2.75) is 20.3 Å². The number of carbonyl (C=O) groups is 1. The van der Waals surface area contributed by atoms with Crippen LogP contribution in [0, 0.1) is 0 Å². The zero-order valence-corrected chi connectivity index (χ0v) is 16.7. The van der Waals surface area contributed by atoms with Gasteiger partial charge in [0.1, 0.15) is 0 Å². The summed E-state index contributed by atoms with van der Waals surface area (Å²) in [6.45, 7) is 3.83. The van der Waals surface area contributed by atoms with Crippen molar-refractivity contribution in [3.63, 3.8) is 0 Å². The summed E-state index contributed by atoms with van der Waals surface area (Å²) in [4.78, 5) is 12.9. The lowest BCUT2D eigenvalue weighted by Crippen LogP contribution is -2.22. The summed E-state index contributed by atoms with van der Waals surface area (Å²) in [6.07, 6.45) is 3.61.